The molecule has 0 atom stereocenters. The third-order valence-electron chi connectivity index (χ3n) is 4.92. The van der Waals surface area contributed by atoms with Crippen molar-refractivity contribution in [2.45, 2.75) is 6.54 Å². The predicted octanol–water partition coefficient (Wildman–Crippen LogP) is 3.17. The van der Waals surface area contributed by atoms with Crippen LogP contribution < -0.4 is 10.6 Å². The van der Waals surface area contributed by atoms with E-state index in [1.165, 1.54) is 4.90 Å². The summed E-state index contributed by atoms with van der Waals surface area (Å²) in [6.45, 7) is 1.14. The third-order valence-corrected chi connectivity index (χ3v) is 4.92. The molecule has 0 saturated heterocycles. The summed E-state index contributed by atoms with van der Waals surface area (Å²) < 4.78 is 4.96. The van der Waals surface area contributed by atoms with Gasteiger partial charge in [-0.25, -0.2) is 4.79 Å². The first kappa shape index (κ1) is 19.7. The van der Waals surface area contributed by atoms with Crippen molar-refractivity contribution < 1.29 is 14.3 Å². The van der Waals surface area contributed by atoms with Crippen LogP contribution in [-0.4, -0.2) is 53.5 Å². The Hall–Kier alpha value is -3.65. The fourth-order valence-electron chi connectivity index (χ4n) is 3.52. The fourth-order valence-corrected chi connectivity index (χ4v) is 3.52. The number of carbonyl (C=O) groups excluding carboxylic acids is 2. The number of benzene rings is 1. The van der Waals surface area contributed by atoms with Gasteiger partial charge < -0.3 is 25.3 Å². The Morgan fingerprint density at radius 2 is 1.93 bits per heavy atom. The molecule has 3 N–H and O–H groups in total. The van der Waals surface area contributed by atoms with E-state index in [0.29, 0.717) is 36.6 Å². The number of methoxy groups -OCH3 is 1. The molecular formula is C22H23N5O3. The van der Waals surface area contributed by atoms with Gasteiger partial charge >= 0.3 is 6.03 Å². The lowest BCUT2D eigenvalue weighted by Crippen LogP contribution is -2.45. The maximum absolute atomic E-state index is 13.1. The lowest BCUT2D eigenvalue weighted by molar-refractivity contribution is 0.0917. The van der Waals surface area contributed by atoms with Crippen molar-refractivity contribution in [3.8, 4) is 11.3 Å². The highest BCUT2D eigenvalue weighted by molar-refractivity contribution is 6.09. The Bertz CT molecular complexity index is 1030. The van der Waals surface area contributed by atoms with Gasteiger partial charge in [0.2, 0.25) is 0 Å². The van der Waals surface area contributed by atoms with Crippen LogP contribution in [0.4, 0.5) is 16.2 Å². The zero-order valence-corrected chi connectivity index (χ0v) is 16.6. The molecule has 1 aromatic carbocycles. The van der Waals surface area contributed by atoms with Gasteiger partial charge in [0.1, 0.15) is 0 Å². The van der Waals surface area contributed by atoms with Crippen LogP contribution in [0.1, 0.15) is 16.1 Å². The molecule has 1 aliphatic rings. The smallest absolute Gasteiger partial charge is 0.318 e. The molecule has 3 aromatic rings. The zero-order chi connectivity index (χ0) is 20.9. The number of H-pyrrole nitrogens is 1. The molecule has 2 amide bonds. The Labute approximate surface area is 174 Å². The van der Waals surface area contributed by atoms with E-state index in [1.54, 1.807) is 19.5 Å². The van der Waals surface area contributed by atoms with Crippen molar-refractivity contribution in [3.05, 3.63) is 66.1 Å². The average Bonchev–Trinajstić information content (AvgIpc) is 3.14. The monoisotopic (exact) mass is 405 g/mol. The minimum atomic E-state index is -0.288. The number of aromatic amines is 1. The Morgan fingerprint density at radius 3 is 2.67 bits per heavy atom. The molecule has 8 heteroatoms. The standard InChI is InChI=1S/C22H23N5O3/c1-30-12-11-24-22(29)27-13-17-19(18(28)14-27)21(25-16-5-3-2-4-6-16)20(26-17)15-7-9-23-10-8-15/h2-10,25-26H,11-14H2,1H3,(H,24,29). The summed E-state index contributed by atoms with van der Waals surface area (Å²) >= 11 is 0. The maximum atomic E-state index is 13.1. The molecule has 8 nitrogen and oxygen atoms in total. The fraction of sp³-hybridized carbons (Fsp3) is 0.227. The minimum absolute atomic E-state index is 0.0168. The van der Waals surface area contributed by atoms with Gasteiger partial charge in [0.25, 0.3) is 0 Å². The molecular weight excluding hydrogens is 382 g/mol. The number of carbonyl (C=O) groups is 2. The van der Waals surface area contributed by atoms with E-state index in [1.807, 2.05) is 42.5 Å². The highest BCUT2D eigenvalue weighted by atomic mass is 16.5. The van der Waals surface area contributed by atoms with Gasteiger partial charge in [-0.05, 0) is 24.3 Å². The number of hydrogen-bond donors (Lipinski definition) is 3. The molecule has 0 fully saturated rings. The lowest BCUT2D eigenvalue weighted by atomic mass is 10.0. The maximum Gasteiger partial charge on any atom is 0.318 e. The number of Topliss-reactive ketones (excluding diaryl/α,β-unsaturated/α-hetero) is 1. The summed E-state index contributed by atoms with van der Waals surface area (Å²) in [5.74, 6) is -0.117. The number of hydrogen-bond acceptors (Lipinski definition) is 5. The van der Waals surface area contributed by atoms with Crippen LogP contribution in [-0.2, 0) is 11.3 Å². The number of nitrogens with zero attached hydrogens (tertiary/aromatic N) is 2. The molecule has 1 aliphatic heterocycles. The van der Waals surface area contributed by atoms with E-state index in [0.717, 1.165) is 16.9 Å². The number of rotatable bonds is 6. The molecule has 0 aliphatic carbocycles. The van der Waals surface area contributed by atoms with Crippen LogP contribution >= 0.6 is 0 Å². The summed E-state index contributed by atoms with van der Waals surface area (Å²) in [6, 6.07) is 13.2. The second-order valence-corrected chi connectivity index (χ2v) is 6.96. The van der Waals surface area contributed by atoms with Crippen LogP contribution in [0, 0.1) is 0 Å². The summed E-state index contributed by atoms with van der Waals surface area (Å²) in [7, 11) is 1.57. The van der Waals surface area contributed by atoms with Gasteiger partial charge in [0.15, 0.2) is 5.78 Å². The second-order valence-electron chi connectivity index (χ2n) is 6.96. The first-order valence-corrected chi connectivity index (χ1v) is 9.69. The zero-order valence-electron chi connectivity index (χ0n) is 16.6. The van der Waals surface area contributed by atoms with E-state index in [-0.39, 0.29) is 18.4 Å². The molecule has 0 saturated carbocycles. The van der Waals surface area contributed by atoms with Crippen LogP contribution in [0.5, 0.6) is 0 Å². The molecule has 0 bridgehead atoms. The van der Waals surface area contributed by atoms with E-state index >= 15 is 0 Å². The van der Waals surface area contributed by atoms with Crippen LogP contribution in [0.15, 0.2) is 54.9 Å². The number of amides is 2. The summed E-state index contributed by atoms with van der Waals surface area (Å²) in [6.07, 6.45) is 3.41. The molecule has 30 heavy (non-hydrogen) atoms. The van der Waals surface area contributed by atoms with Crippen LogP contribution in [0.25, 0.3) is 11.3 Å². The average molecular weight is 405 g/mol. The number of ether oxygens (including phenoxy) is 1. The summed E-state index contributed by atoms with van der Waals surface area (Å²) in [5, 5.41) is 6.16. The third kappa shape index (κ3) is 4.04. The normalized spacial score (nSPS) is 13.1. The molecule has 0 unspecified atom stereocenters. The Kier molecular flexibility index (Phi) is 5.76. The van der Waals surface area contributed by atoms with Crippen molar-refractivity contribution in [1.29, 1.82) is 0 Å². The predicted molar refractivity (Wildman–Crippen MR) is 114 cm³/mol. The number of aromatic nitrogens is 2. The van der Waals surface area contributed by atoms with Gasteiger partial charge in [-0.1, -0.05) is 18.2 Å². The number of pyridine rings is 1. The molecule has 154 valence electrons. The van der Waals surface area contributed by atoms with Gasteiger partial charge in [0, 0.05) is 43.0 Å². The highest BCUT2D eigenvalue weighted by Crippen LogP contribution is 2.37. The highest BCUT2D eigenvalue weighted by Gasteiger charge is 2.32. The number of nitrogens with one attached hydrogen (secondary N) is 3. The number of fused-ring (bicyclic) bond motifs is 1. The Balaban J connectivity index is 1.69. The molecule has 0 spiro atoms. The lowest BCUT2D eigenvalue weighted by Gasteiger charge is -2.26. The van der Waals surface area contributed by atoms with E-state index in [4.69, 9.17) is 4.74 Å². The van der Waals surface area contributed by atoms with E-state index in [9.17, 15) is 9.59 Å². The molecule has 0 radical (unpaired) electrons. The van der Waals surface area contributed by atoms with Gasteiger partial charge in [-0.3, -0.25) is 9.78 Å². The summed E-state index contributed by atoms with van der Waals surface area (Å²) in [4.78, 5) is 34.5. The van der Waals surface area contributed by atoms with E-state index < -0.39 is 0 Å². The first-order valence-electron chi connectivity index (χ1n) is 9.69. The van der Waals surface area contributed by atoms with Crippen molar-refractivity contribution in [1.82, 2.24) is 20.2 Å². The first-order chi connectivity index (χ1) is 14.7. The largest absolute Gasteiger partial charge is 0.383 e. The van der Waals surface area contributed by atoms with Crippen LogP contribution in [0.3, 0.4) is 0 Å². The molecule has 3 heterocycles. The SMILES string of the molecule is COCCNC(=O)N1CC(=O)c2c([nH]c(-c3ccncc3)c2Nc2ccccc2)C1. The van der Waals surface area contributed by atoms with Crippen molar-refractivity contribution in [2.24, 2.45) is 0 Å². The number of para-hydroxylation sites is 1. The number of anilines is 2. The van der Waals surface area contributed by atoms with Crippen molar-refractivity contribution >= 4 is 23.2 Å². The van der Waals surface area contributed by atoms with E-state index in [2.05, 4.69) is 20.6 Å². The van der Waals surface area contributed by atoms with Crippen LogP contribution in [0.2, 0.25) is 0 Å². The number of urea groups is 1. The molecule has 4 rings (SSSR count). The summed E-state index contributed by atoms with van der Waals surface area (Å²) in [5.41, 5.74) is 4.59. The van der Waals surface area contributed by atoms with Gasteiger partial charge in [-0.15, -0.1) is 0 Å². The van der Waals surface area contributed by atoms with Gasteiger partial charge in [0.05, 0.1) is 36.6 Å². The van der Waals surface area contributed by atoms with Crippen molar-refractivity contribution in [3.63, 3.8) is 0 Å². The number of ketones is 1. The van der Waals surface area contributed by atoms with Crippen molar-refractivity contribution in [2.75, 3.05) is 32.1 Å². The second kappa shape index (κ2) is 8.79. The minimum Gasteiger partial charge on any atom is -0.383 e. The molecule has 2 aromatic heterocycles. The van der Waals surface area contributed by atoms with Gasteiger partial charge in [-0.2, -0.15) is 0 Å². The Morgan fingerprint density at radius 1 is 1.17 bits per heavy atom. The topological polar surface area (TPSA) is 99.4 Å². The quantitative estimate of drug-likeness (QED) is 0.547.